The molecule has 1 saturated carbocycles. The number of carbonyl (C=O) groups excluding carboxylic acids is 4. The number of hydrogen-bond donors (Lipinski definition) is 2. The van der Waals surface area contributed by atoms with E-state index >= 15 is 0 Å². The molecule has 2 atom stereocenters. The number of allylic oxidation sites excluding steroid dienone is 2. The number of rotatable bonds is 11. The SMILES string of the molecule is COC(=O)N[C@@H](CC/C=C/C(=O)N(C)C)C(=O)Nc1cccn(Cc2nc3c(n2C(=O)OCC2CC2)CC(F)C(F)=C3)c1=O. The van der Waals surface area contributed by atoms with E-state index in [0.717, 1.165) is 30.6 Å². The van der Waals surface area contributed by atoms with Crippen LogP contribution in [-0.2, 0) is 32.0 Å². The number of pyridine rings is 1. The van der Waals surface area contributed by atoms with Gasteiger partial charge in [-0.05, 0) is 49.8 Å². The minimum absolute atomic E-state index is 0.0174. The van der Waals surface area contributed by atoms with Gasteiger partial charge in [0.05, 0.1) is 31.6 Å². The normalized spacial score (nSPS) is 16.5. The van der Waals surface area contributed by atoms with Crippen LogP contribution in [0.2, 0.25) is 0 Å². The maximum Gasteiger partial charge on any atom is 0.419 e. The molecule has 15 heteroatoms. The Morgan fingerprint density at radius 2 is 2.00 bits per heavy atom. The van der Waals surface area contributed by atoms with Crippen LogP contribution in [-0.4, -0.2) is 83.0 Å². The van der Waals surface area contributed by atoms with E-state index in [1.165, 1.54) is 33.9 Å². The number of amides is 3. The summed E-state index contributed by atoms with van der Waals surface area (Å²) in [6.07, 6.45) is 3.36. The molecule has 4 rings (SSSR count). The van der Waals surface area contributed by atoms with Crippen LogP contribution in [0.4, 0.5) is 24.1 Å². The first-order chi connectivity index (χ1) is 21.0. The van der Waals surface area contributed by atoms with Crippen molar-refractivity contribution in [2.75, 3.05) is 33.1 Å². The Morgan fingerprint density at radius 1 is 1.25 bits per heavy atom. The molecule has 236 valence electrons. The first-order valence-corrected chi connectivity index (χ1v) is 14.0. The third-order valence-corrected chi connectivity index (χ3v) is 7.05. The fraction of sp³-hybridized carbons (Fsp3) is 0.448. The summed E-state index contributed by atoms with van der Waals surface area (Å²) in [5.41, 5.74) is -0.616. The first-order valence-electron chi connectivity index (χ1n) is 14.0. The molecule has 2 aliphatic rings. The van der Waals surface area contributed by atoms with Gasteiger partial charge in [0.25, 0.3) is 5.56 Å². The van der Waals surface area contributed by atoms with E-state index in [1.54, 1.807) is 20.2 Å². The van der Waals surface area contributed by atoms with Crippen LogP contribution in [0.3, 0.4) is 0 Å². The minimum Gasteiger partial charge on any atom is -0.453 e. The van der Waals surface area contributed by atoms with Gasteiger partial charge in [0.1, 0.15) is 23.4 Å². The average molecular weight is 617 g/mol. The van der Waals surface area contributed by atoms with Gasteiger partial charge in [-0.25, -0.2) is 27.9 Å². The molecular formula is C29H34F2N6O7. The van der Waals surface area contributed by atoms with Gasteiger partial charge in [-0.1, -0.05) is 6.08 Å². The highest BCUT2D eigenvalue weighted by Gasteiger charge is 2.32. The zero-order valence-electron chi connectivity index (χ0n) is 24.5. The topological polar surface area (TPSA) is 154 Å². The number of carbonyl (C=O) groups is 4. The Bertz CT molecular complexity index is 1540. The van der Waals surface area contributed by atoms with E-state index in [2.05, 4.69) is 20.4 Å². The van der Waals surface area contributed by atoms with Crippen molar-refractivity contribution < 1.29 is 37.4 Å². The smallest absolute Gasteiger partial charge is 0.419 e. The van der Waals surface area contributed by atoms with E-state index in [4.69, 9.17) is 4.74 Å². The Hall–Kier alpha value is -4.82. The van der Waals surface area contributed by atoms with Crippen LogP contribution >= 0.6 is 0 Å². The lowest BCUT2D eigenvalue weighted by Crippen LogP contribution is -2.44. The molecule has 0 spiro atoms. The molecule has 2 aromatic heterocycles. The van der Waals surface area contributed by atoms with Crippen LogP contribution < -0.4 is 16.2 Å². The lowest BCUT2D eigenvalue weighted by Gasteiger charge is -2.17. The molecule has 3 amide bonds. The number of halogens is 2. The largest absolute Gasteiger partial charge is 0.453 e. The molecule has 2 N–H and O–H groups in total. The second-order valence-electron chi connectivity index (χ2n) is 10.7. The van der Waals surface area contributed by atoms with Gasteiger partial charge >= 0.3 is 12.2 Å². The van der Waals surface area contributed by atoms with Crippen LogP contribution in [0.5, 0.6) is 0 Å². The highest BCUT2D eigenvalue weighted by atomic mass is 19.2. The van der Waals surface area contributed by atoms with E-state index < -0.39 is 48.1 Å². The molecule has 2 aliphatic carbocycles. The number of nitrogens with zero attached hydrogens (tertiary/aromatic N) is 4. The third-order valence-electron chi connectivity index (χ3n) is 7.05. The summed E-state index contributed by atoms with van der Waals surface area (Å²) in [7, 11) is 4.32. The van der Waals surface area contributed by atoms with Gasteiger partial charge in [-0.3, -0.25) is 14.4 Å². The molecule has 1 fully saturated rings. The number of nitrogens with one attached hydrogen (secondary N) is 2. The molecule has 13 nitrogen and oxygen atoms in total. The number of aromatic nitrogens is 3. The zero-order chi connectivity index (χ0) is 32.0. The first kappa shape index (κ1) is 32.1. The van der Waals surface area contributed by atoms with Crippen LogP contribution in [0.1, 0.15) is 42.9 Å². The Morgan fingerprint density at radius 3 is 2.68 bits per heavy atom. The second kappa shape index (κ2) is 14.1. The standard InChI is InChI=1S/C29H34F2N6O7/c1-35(2)25(38)9-5-4-7-20(34-28(41)43-3)26(39)33-21-8-6-12-36(27(21)40)15-24-32-22-13-18(30)19(31)14-23(22)37(24)29(42)44-16-17-10-11-17/h5-6,8-9,12-13,17,19-20H,4,7,10-11,14-16H2,1-3H3,(H,33,39)(H,34,41)/b9-5+/t19?,20-/m0/s1. The van der Waals surface area contributed by atoms with Gasteiger partial charge in [-0.2, -0.15) is 0 Å². The van der Waals surface area contributed by atoms with E-state index in [0.29, 0.717) is 0 Å². The summed E-state index contributed by atoms with van der Waals surface area (Å²) >= 11 is 0. The number of fused-ring (bicyclic) bond motifs is 1. The van der Waals surface area contributed by atoms with Crippen molar-refractivity contribution >= 4 is 35.8 Å². The molecule has 0 radical (unpaired) electrons. The van der Waals surface area contributed by atoms with Crippen molar-refractivity contribution in [1.82, 2.24) is 24.3 Å². The summed E-state index contributed by atoms with van der Waals surface area (Å²) < 4.78 is 40.5. The lowest BCUT2D eigenvalue weighted by molar-refractivity contribution is -0.123. The van der Waals surface area contributed by atoms with Gasteiger partial charge in [0.15, 0.2) is 6.17 Å². The third kappa shape index (κ3) is 7.96. The van der Waals surface area contributed by atoms with Gasteiger partial charge < -0.3 is 29.6 Å². The molecule has 0 aliphatic heterocycles. The lowest BCUT2D eigenvalue weighted by atomic mass is 10.1. The number of likely N-dealkylation sites (N-methyl/N-ethyl adjacent to an activating group) is 1. The van der Waals surface area contributed by atoms with Gasteiger partial charge in [0, 0.05) is 32.8 Å². The summed E-state index contributed by atoms with van der Waals surface area (Å²) in [6, 6.07) is 1.72. The van der Waals surface area contributed by atoms with Gasteiger partial charge in [-0.15, -0.1) is 0 Å². The monoisotopic (exact) mass is 616 g/mol. The van der Waals surface area contributed by atoms with Crippen molar-refractivity contribution in [3.63, 3.8) is 0 Å². The van der Waals surface area contributed by atoms with E-state index in [1.807, 2.05) is 0 Å². The number of hydrogen-bond acceptors (Lipinski definition) is 8. The zero-order valence-corrected chi connectivity index (χ0v) is 24.5. The Balaban J connectivity index is 1.54. The van der Waals surface area contributed by atoms with Crippen molar-refractivity contribution in [1.29, 1.82) is 0 Å². The van der Waals surface area contributed by atoms with Crippen LogP contribution in [0.25, 0.3) is 6.08 Å². The van der Waals surface area contributed by atoms with Gasteiger partial charge in [0.2, 0.25) is 11.8 Å². The highest BCUT2D eigenvalue weighted by Crippen LogP contribution is 2.31. The molecule has 44 heavy (non-hydrogen) atoms. The fourth-order valence-electron chi connectivity index (χ4n) is 4.38. The summed E-state index contributed by atoms with van der Waals surface area (Å²) in [4.78, 5) is 68.8. The number of imidazole rings is 1. The van der Waals surface area contributed by atoms with Crippen molar-refractivity contribution in [2.24, 2.45) is 5.92 Å². The number of methoxy groups -OCH3 is 1. The second-order valence-corrected chi connectivity index (χ2v) is 10.7. The molecule has 2 heterocycles. The quantitative estimate of drug-likeness (QED) is 0.366. The Labute approximate surface area is 251 Å². The van der Waals surface area contributed by atoms with E-state index in [9.17, 15) is 32.8 Å². The highest BCUT2D eigenvalue weighted by molar-refractivity contribution is 5.96. The predicted octanol–water partition coefficient (Wildman–Crippen LogP) is 2.78. The Kier molecular flexibility index (Phi) is 10.3. The fourth-order valence-corrected chi connectivity index (χ4v) is 4.38. The summed E-state index contributed by atoms with van der Waals surface area (Å²) in [5, 5.41) is 4.91. The van der Waals surface area contributed by atoms with Crippen molar-refractivity contribution in [3.8, 4) is 0 Å². The number of alkyl halides is 1. The number of alkyl carbamates (subject to hydrolysis) is 1. The predicted molar refractivity (Wildman–Crippen MR) is 154 cm³/mol. The van der Waals surface area contributed by atoms with E-state index in [-0.39, 0.29) is 60.7 Å². The molecule has 0 saturated heterocycles. The molecule has 0 bridgehead atoms. The van der Waals surface area contributed by atoms with Crippen LogP contribution in [0.15, 0.2) is 41.1 Å². The number of ether oxygens (including phenoxy) is 2. The van der Waals surface area contributed by atoms with Crippen LogP contribution in [0, 0.1) is 5.92 Å². The summed E-state index contributed by atoms with van der Waals surface area (Å²) in [6.45, 7) is -0.104. The number of anilines is 1. The average Bonchev–Trinajstić information content (AvgIpc) is 3.76. The minimum atomic E-state index is -1.95. The molecular weight excluding hydrogens is 582 g/mol. The summed E-state index contributed by atoms with van der Waals surface area (Å²) in [5.74, 6) is -1.71. The molecule has 2 aromatic rings. The molecule has 1 unspecified atom stereocenters. The molecule has 0 aromatic carbocycles. The van der Waals surface area contributed by atoms with Crippen molar-refractivity contribution in [3.05, 3.63) is 63.9 Å². The van der Waals surface area contributed by atoms with Crippen molar-refractivity contribution in [2.45, 2.75) is 50.9 Å². The maximum absolute atomic E-state index is 14.2. The maximum atomic E-state index is 14.2.